The van der Waals surface area contributed by atoms with Gasteiger partial charge in [-0.3, -0.25) is 0 Å². The smallest absolute Gasteiger partial charge is 0.254 e. The Bertz CT molecular complexity index is 3360. The predicted octanol–water partition coefficient (Wildman–Crippen LogP) is 4.96. The van der Waals surface area contributed by atoms with E-state index in [1.165, 1.54) is 132 Å². The van der Waals surface area contributed by atoms with Crippen LogP contribution in [0.5, 0.6) is 0 Å². The van der Waals surface area contributed by atoms with Gasteiger partial charge in [-0.1, -0.05) is 84.9 Å². The van der Waals surface area contributed by atoms with Crippen molar-refractivity contribution in [3.05, 3.63) is 109 Å². The largest absolute Gasteiger partial charge is 0.307 e. The molecule has 4 aromatic heterocycles. The molecule has 0 fully saturated rings. The topological polar surface area (TPSA) is 18.7 Å². The van der Waals surface area contributed by atoms with Crippen LogP contribution >= 0.6 is 0 Å². The summed E-state index contributed by atoms with van der Waals surface area (Å²) in [6.45, 7) is 0.348. The summed E-state index contributed by atoms with van der Waals surface area (Å²) in [5.41, 5.74) is 27.9. The molecule has 0 bridgehead atoms. The average Bonchev–Trinajstić information content (AvgIpc) is 3.78. The van der Waals surface area contributed by atoms with Crippen molar-refractivity contribution in [1.82, 2.24) is 17.9 Å². The molecule has 5 aliphatic rings. The number of aromatic nitrogens is 4. The minimum absolute atomic E-state index is 0.138. The van der Waals surface area contributed by atoms with Gasteiger partial charge in [0.25, 0.3) is 13.4 Å². The first kappa shape index (κ1) is 21.6. The molecule has 0 amide bonds. The van der Waals surface area contributed by atoms with Gasteiger partial charge >= 0.3 is 0 Å². The average molecular weight is 600 g/mol. The van der Waals surface area contributed by atoms with Crippen molar-refractivity contribution in [3.63, 3.8) is 0 Å². The van der Waals surface area contributed by atoms with Crippen LogP contribution in [0.3, 0.4) is 0 Å². The fraction of sp³-hybridized carbons (Fsp3) is 0. The molecule has 48 heavy (non-hydrogen) atoms. The van der Waals surface area contributed by atoms with Gasteiger partial charge in [-0.05, 0) is 68.2 Å². The molecule has 6 heteroatoms. The number of fused-ring (bicyclic) bond motifs is 11. The van der Waals surface area contributed by atoms with E-state index in [0.717, 1.165) is 0 Å². The summed E-state index contributed by atoms with van der Waals surface area (Å²) >= 11 is 0. The van der Waals surface area contributed by atoms with Crippen molar-refractivity contribution in [3.8, 4) is 22.5 Å². The third kappa shape index (κ3) is 1.74. The van der Waals surface area contributed by atoms with Crippen molar-refractivity contribution in [2.75, 3.05) is 0 Å². The molecule has 11 aromatic rings. The number of para-hydroxylation sites is 4. The number of benzene rings is 7. The number of rotatable bonds is 0. The predicted molar refractivity (Wildman–Crippen MR) is 200 cm³/mol. The Morgan fingerprint density at radius 3 is 1.35 bits per heavy atom. The maximum atomic E-state index is 2.72. The minimum atomic E-state index is 0.138. The number of nitrogens with zero attached hydrogens (tertiary/aromatic N) is 4. The lowest BCUT2D eigenvalue weighted by atomic mass is 9.32. The van der Waals surface area contributed by atoms with Crippen molar-refractivity contribution < 1.29 is 0 Å². The van der Waals surface area contributed by atoms with Crippen LogP contribution in [0, 0.1) is 0 Å². The summed E-state index contributed by atoms with van der Waals surface area (Å²) in [5, 5.41) is 5.47. The van der Waals surface area contributed by atoms with Crippen LogP contribution in [-0.2, 0) is 0 Å². The molecule has 0 saturated heterocycles. The Labute approximate surface area is 271 Å². The van der Waals surface area contributed by atoms with Gasteiger partial charge in [0, 0.05) is 32.9 Å². The Kier molecular flexibility index (Phi) is 2.82. The number of hydrogen-bond donors (Lipinski definition) is 0. The lowest BCUT2D eigenvalue weighted by Crippen LogP contribution is -2.62. The summed E-state index contributed by atoms with van der Waals surface area (Å²) in [7, 11) is 0. The monoisotopic (exact) mass is 600 g/mol. The first-order valence-electron chi connectivity index (χ1n) is 17.1. The van der Waals surface area contributed by atoms with E-state index in [2.05, 4.69) is 127 Å². The van der Waals surface area contributed by atoms with Crippen LogP contribution in [0.4, 0.5) is 0 Å². The molecular formula is C42H18B2N4. The van der Waals surface area contributed by atoms with Crippen LogP contribution in [0.25, 0.3) is 99.2 Å². The molecule has 0 radical (unpaired) electrons. The first-order valence-corrected chi connectivity index (χ1v) is 17.1. The third-order valence-electron chi connectivity index (χ3n) is 13.2. The molecule has 9 heterocycles. The Balaban J connectivity index is 1.40. The van der Waals surface area contributed by atoms with Gasteiger partial charge in [0.15, 0.2) is 0 Å². The maximum absolute atomic E-state index is 2.72. The Morgan fingerprint density at radius 1 is 0.333 bits per heavy atom. The molecule has 0 unspecified atom stereocenters. The lowest BCUT2D eigenvalue weighted by Gasteiger charge is -2.39. The van der Waals surface area contributed by atoms with Gasteiger partial charge in [-0.25, -0.2) is 0 Å². The van der Waals surface area contributed by atoms with Crippen molar-refractivity contribution in [1.29, 1.82) is 0 Å². The zero-order valence-corrected chi connectivity index (χ0v) is 25.3. The van der Waals surface area contributed by atoms with Crippen LogP contribution < -0.4 is 32.8 Å². The fourth-order valence-corrected chi connectivity index (χ4v) is 11.9. The van der Waals surface area contributed by atoms with Gasteiger partial charge in [-0.15, -0.1) is 0 Å². The van der Waals surface area contributed by atoms with Crippen LogP contribution in [0.15, 0.2) is 109 Å². The summed E-state index contributed by atoms with van der Waals surface area (Å²) in [6.07, 6.45) is 0. The maximum Gasteiger partial charge on any atom is 0.254 e. The van der Waals surface area contributed by atoms with Gasteiger partial charge in [0.2, 0.25) is 0 Å². The van der Waals surface area contributed by atoms with Crippen LogP contribution in [-0.4, -0.2) is 31.4 Å². The molecule has 0 N–H and O–H groups in total. The van der Waals surface area contributed by atoms with Gasteiger partial charge in [0.05, 0.1) is 55.2 Å². The van der Waals surface area contributed by atoms with E-state index in [1.807, 2.05) is 0 Å². The van der Waals surface area contributed by atoms with Crippen LogP contribution in [0.1, 0.15) is 0 Å². The second-order valence-corrected chi connectivity index (χ2v) is 14.7. The summed E-state index contributed by atoms with van der Waals surface area (Å²) < 4.78 is 10.8. The Morgan fingerprint density at radius 2 is 0.812 bits per heavy atom. The zero-order chi connectivity index (χ0) is 30.0. The molecule has 0 atom stereocenters. The highest BCUT2D eigenvalue weighted by molar-refractivity contribution is 7.06. The molecule has 0 saturated carbocycles. The SMILES string of the molecule is c1ccc2c(c1)B1c3ccccc3-n3c4cccc5c6ccc7c8c6n(c6c9c%10c(c1c63)n-2c1cccc2c3ccc-7c(c3n%10c21)B89)c54. The Hall–Kier alpha value is -6.13. The second-order valence-electron chi connectivity index (χ2n) is 14.7. The zero-order valence-electron chi connectivity index (χ0n) is 25.3. The second kappa shape index (κ2) is 6.26. The van der Waals surface area contributed by atoms with Crippen molar-refractivity contribution >= 4 is 123 Å². The van der Waals surface area contributed by atoms with E-state index in [-0.39, 0.29) is 13.4 Å². The van der Waals surface area contributed by atoms with E-state index in [4.69, 9.17) is 0 Å². The summed E-state index contributed by atoms with van der Waals surface area (Å²) in [6, 6.07) is 42.2. The molecule has 7 aromatic carbocycles. The van der Waals surface area contributed by atoms with Crippen LogP contribution in [0.2, 0.25) is 0 Å². The third-order valence-corrected chi connectivity index (χ3v) is 13.2. The van der Waals surface area contributed by atoms with E-state index < -0.39 is 0 Å². The fourth-order valence-electron chi connectivity index (χ4n) is 11.9. The highest BCUT2D eigenvalue weighted by atomic mass is 15.1. The highest BCUT2D eigenvalue weighted by Gasteiger charge is 2.50. The highest BCUT2D eigenvalue weighted by Crippen LogP contribution is 2.47. The molecule has 212 valence electrons. The van der Waals surface area contributed by atoms with E-state index in [9.17, 15) is 0 Å². The molecular weight excluding hydrogens is 582 g/mol. The van der Waals surface area contributed by atoms with E-state index in [1.54, 1.807) is 0 Å². The normalized spacial score (nSPS) is 15.0. The summed E-state index contributed by atoms with van der Waals surface area (Å²) in [5.74, 6) is 0. The quantitative estimate of drug-likeness (QED) is 0.173. The minimum Gasteiger partial charge on any atom is -0.307 e. The van der Waals surface area contributed by atoms with E-state index in [0.29, 0.717) is 0 Å². The number of hydrogen-bond acceptors (Lipinski definition) is 0. The van der Waals surface area contributed by atoms with E-state index >= 15 is 0 Å². The summed E-state index contributed by atoms with van der Waals surface area (Å²) in [4.78, 5) is 0. The van der Waals surface area contributed by atoms with Crippen molar-refractivity contribution in [2.45, 2.75) is 0 Å². The molecule has 16 rings (SSSR count). The first-order chi connectivity index (χ1) is 23.9. The van der Waals surface area contributed by atoms with Gasteiger partial charge in [0.1, 0.15) is 0 Å². The molecule has 5 aliphatic heterocycles. The van der Waals surface area contributed by atoms with Crippen molar-refractivity contribution in [2.24, 2.45) is 0 Å². The molecule has 0 aliphatic carbocycles. The standard InChI is InChI=1S/C42H18B2N4/c1-3-11-27-25(9-1)43-26-10-2-4-12-28(26)46-30-14-6-8-22-24-18-16-20-19-15-17-23-21-7-5-13-29-35(21)47-37(23)31(19)44-32(20)38(24)48(36(22)30)42-34(44)41(47)39(45(27)29)33(43)40(42)46/h1-18H. The molecule has 0 spiro atoms. The molecule has 4 nitrogen and oxygen atoms in total. The van der Waals surface area contributed by atoms with Gasteiger partial charge < -0.3 is 17.9 Å². The van der Waals surface area contributed by atoms with Gasteiger partial charge in [-0.2, -0.15) is 0 Å². The lowest BCUT2D eigenvalue weighted by molar-refractivity contribution is 1.12.